The van der Waals surface area contributed by atoms with Gasteiger partial charge in [0.15, 0.2) is 5.56 Å². The van der Waals surface area contributed by atoms with Gasteiger partial charge in [-0.2, -0.15) is 10.4 Å². The molecule has 1 unspecified atom stereocenters. The smallest absolute Gasteiger partial charge is 0.332 e. The predicted molar refractivity (Wildman–Crippen MR) is 77.0 cm³/mol. The van der Waals surface area contributed by atoms with Gasteiger partial charge in [0.05, 0.1) is 6.54 Å². The minimum Gasteiger partial charge on any atom is -0.366 e. The van der Waals surface area contributed by atoms with E-state index in [0.717, 1.165) is 4.57 Å². The average Bonchev–Trinajstić information content (AvgIpc) is 2.95. The molecule has 0 amide bonds. The van der Waals surface area contributed by atoms with Crippen molar-refractivity contribution in [3.8, 4) is 6.07 Å². The van der Waals surface area contributed by atoms with Gasteiger partial charge in [0, 0.05) is 32.5 Å². The zero-order valence-corrected chi connectivity index (χ0v) is 12.1. The van der Waals surface area contributed by atoms with Crippen molar-refractivity contribution in [3.63, 3.8) is 0 Å². The highest BCUT2D eigenvalue weighted by atomic mass is 16.2. The van der Waals surface area contributed by atoms with Crippen LogP contribution in [0.5, 0.6) is 0 Å². The quantitative estimate of drug-likeness (QED) is 0.829. The van der Waals surface area contributed by atoms with Gasteiger partial charge in [-0.1, -0.05) is 0 Å². The van der Waals surface area contributed by atoms with E-state index in [2.05, 4.69) is 10.4 Å². The van der Waals surface area contributed by atoms with Gasteiger partial charge < -0.3 is 5.32 Å². The highest BCUT2D eigenvalue weighted by Gasteiger charge is 2.17. The van der Waals surface area contributed by atoms with Crippen LogP contribution >= 0.6 is 0 Å². The Morgan fingerprint density at radius 2 is 2.10 bits per heavy atom. The molecule has 0 radical (unpaired) electrons. The summed E-state index contributed by atoms with van der Waals surface area (Å²) in [5.74, 6) is 0.227. The van der Waals surface area contributed by atoms with E-state index in [9.17, 15) is 14.9 Å². The first kappa shape index (κ1) is 14.6. The van der Waals surface area contributed by atoms with Crippen LogP contribution in [0.4, 0.5) is 5.82 Å². The normalized spacial score (nSPS) is 11.9. The van der Waals surface area contributed by atoms with Crippen molar-refractivity contribution in [1.29, 1.82) is 5.26 Å². The fourth-order valence-electron chi connectivity index (χ4n) is 2.08. The molecule has 1 N–H and O–H groups in total. The van der Waals surface area contributed by atoms with Crippen LogP contribution < -0.4 is 16.6 Å². The summed E-state index contributed by atoms with van der Waals surface area (Å²) in [4.78, 5) is 23.9. The van der Waals surface area contributed by atoms with Crippen molar-refractivity contribution in [2.24, 2.45) is 14.1 Å². The number of hydrogen-bond donors (Lipinski definition) is 1. The van der Waals surface area contributed by atoms with E-state index >= 15 is 0 Å². The number of nitrogens with one attached hydrogen (secondary N) is 1. The molecule has 2 aromatic heterocycles. The summed E-state index contributed by atoms with van der Waals surface area (Å²) in [7, 11) is 2.87. The van der Waals surface area contributed by atoms with E-state index in [0.29, 0.717) is 6.54 Å². The van der Waals surface area contributed by atoms with Gasteiger partial charge in [-0.05, 0) is 13.0 Å². The van der Waals surface area contributed by atoms with Gasteiger partial charge in [0.25, 0.3) is 5.56 Å². The van der Waals surface area contributed by atoms with Crippen molar-refractivity contribution in [2.75, 3.05) is 5.32 Å². The van der Waals surface area contributed by atoms with E-state index in [1.165, 1.54) is 18.7 Å². The summed E-state index contributed by atoms with van der Waals surface area (Å²) in [6.45, 7) is 2.42. The first-order valence-electron chi connectivity index (χ1n) is 6.39. The summed E-state index contributed by atoms with van der Waals surface area (Å²) in [5.41, 5.74) is -1.16. The second-order valence-corrected chi connectivity index (χ2v) is 4.81. The molecule has 2 heterocycles. The van der Waals surface area contributed by atoms with Gasteiger partial charge >= 0.3 is 5.69 Å². The monoisotopic (exact) mass is 288 g/mol. The molecule has 0 aliphatic rings. The third kappa shape index (κ3) is 2.72. The van der Waals surface area contributed by atoms with Crippen LogP contribution in [0.2, 0.25) is 0 Å². The summed E-state index contributed by atoms with van der Waals surface area (Å²) < 4.78 is 3.91. The van der Waals surface area contributed by atoms with Crippen LogP contribution in [0.25, 0.3) is 0 Å². The molecule has 0 spiro atoms. The van der Waals surface area contributed by atoms with Crippen LogP contribution in [-0.2, 0) is 20.6 Å². The third-order valence-electron chi connectivity index (χ3n) is 3.18. The molecule has 0 aliphatic heterocycles. The molecule has 0 saturated heterocycles. The highest BCUT2D eigenvalue weighted by Crippen LogP contribution is 2.09. The van der Waals surface area contributed by atoms with Crippen LogP contribution in [0.15, 0.2) is 28.0 Å². The standard InChI is InChI=1S/C13H16N6O2/c1-9(8-19-6-4-5-15-19)16-11-10(7-14)12(20)18(3)13(21)17(11)2/h4-6,9,16H,8H2,1-3H3. The summed E-state index contributed by atoms with van der Waals surface area (Å²) in [6.07, 6.45) is 3.48. The van der Waals surface area contributed by atoms with Crippen molar-refractivity contribution in [2.45, 2.75) is 19.5 Å². The van der Waals surface area contributed by atoms with Crippen LogP contribution in [0, 0.1) is 11.3 Å². The molecule has 0 fully saturated rings. The second kappa shape index (κ2) is 5.66. The van der Waals surface area contributed by atoms with Gasteiger partial charge in [-0.15, -0.1) is 0 Å². The molecule has 0 saturated carbocycles. The minimum atomic E-state index is -0.602. The van der Waals surface area contributed by atoms with E-state index in [-0.39, 0.29) is 17.4 Å². The summed E-state index contributed by atoms with van der Waals surface area (Å²) in [5, 5.41) is 16.3. The van der Waals surface area contributed by atoms with Gasteiger partial charge in [0.2, 0.25) is 0 Å². The Labute approximate surface area is 120 Å². The maximum atomic E-state index is 12.0. The van der Waals surface area contributed by atoms with Gasteiger partial charge in [-0.25, -0.2) is 4.79 Å². The van der Waals surface area contributed by atoms with Crippen molar-refractivity contribution >= 4 is 5.82 Å². The highest BCUT2D eigenvalue weighted by molar-refractivity contribution is 5.51. The molecule has 0 bridgehead atoms. The number of nitriles is 1. The van der Waals surface area contributed by atoms with E-state index in [1.807, 2.05) is 19.2 Å². The lowest BCUT2D eigenvalue weighted by Gasteiger charge is -2.19. The van der Waals surface area contributed by atoms with E-state index in [1.54, 1.807) is 16.9 Å². The van der Waals surface area contributed by atoms with Crippen LogP contribution in [0.3, 0.4) is 0 Å². The molecule has 8 nitrogen and oxygen atoms in total. The number of aromatic nitrogens is 4. The molecule has 1 atom stereocenters. The minimum absolute atomic E-state index is 0.0769. The van der Waals surface area contributed by atoms with Crippen LogP contribution in [0.1, 0.15) is 12.5 Å². The SMILES string of the molecule is CC(Cn1cccn1)Nc1c(C#N)c(=O)n(C)c(=O)n1C. The molecule has 2 rings (SSSR count). The average molecular weight is 288 g/mol. The number of rotatable bonds is 4. The van der Waals surface area contributed by atoms with Crippen molar-refractivity contribution < 1.29 is 0 Å². The van der Waals surface area contributed by atoms with E-state index in [4.69, 9.17) is 0 Å². The van der Waals surface area contributed by atoms with Gasteiger partial charge in [0.1, 0.15) is 11.9 Å². The number of hydrogen-bond acceptors (Lipinski definition) is 5. The lowest BCUT2D eigenvalue weighted by molar-refractivity contribution is 0.554. The topological polar surface area (TPSA) is 97.6 Å². The second-order valence-electron chi connectivity index (χ2n) is 4.81. The summed E-state index contributed by atoms with van der Waals surface area (Å²) >= 11 is 0. The Balaban J connectivity index is 2.38. The zero-order chi connectivity index (χ0) is 15.6. The summed E-state index contributed by atoms with van der Waals surface area (Å²) in [6, 6.07) is 3.55. The fourth-order valence-corrected chi connectivity index (χ4v) is 2.08. The zero-order valence-electron chi connectivity index (χ0n) is 12.1. The Kier molecular flexibility index (Phi) is 3.93. The first-order chi connectivity index (χ1) is 9.95. The Morgan fingerprint density at radius 3 is 2.67 bits per heavy atom. The predicted octanol–water partition coefficient (Wildman–Crippen LogP) is -0.347. The van der Waals surface area contributed by atoms with Crippen LogP contribution in [-0.4, -0.2) is 25.0 Å². The molecule has 8 heteroatoms. The maximum absolute atomic E-state index is 12.0. The molecule has 0 aromatic carbocycles. The first-order valence-corrected chi connectivity index (χ1v) is 6.39. The lowest BCUT2D eigenvalue weighted by Crippen LogP contribution is -2.41. The Bertz CT molecular complexity index is 794. The molecule has 21 heavy (non-hydrogen) atoms. The van der Waals surface area contributed by atoms with E-state index < -0.39 is 11.2 Å². The molecular formula is C13H16N6O2. The molecular weight excluding hydrogens is 272 g/mol. The van der Waals surface area contributed by atoms with Gasteiger partial charge in [-0.3, -0.25) is 18.6 Å². The maximum Gasteiger partial charge on any atom is 0.332 e. The number of nitrogens with zero attached hydrogens (tertiary/aromatic N) is 5. The Hall–Kier alpha value is -2.82. The number of anilines is 1. The largest absolute Gasteiger partial charge is 0.366 e. The molecule has 0 aliphatic carbocycles. The molecule has 110 valence electrons. The van der Waals surface area contributed by atoms with Crippen molar-refractivity contribution in [3.05, 3.63) is 44.9 Å². The third-order valence-corrected chi connectivity index (χ3v) is 3.18. The van der Waals surface area contributed by atoms with Crippen molar-refractivity contribution in [1.82, 2.24) is 18.9 Å². The lowest BCUT2D eigenvalue weighted by atomic mass is 10.2. The molecule has 2 aromatic rings. The fraction of sp³-hybridized carbons (Fsp3) is 0.385. The Morgan fingerprint density at radius 1 is 1.38 bits per heavy atom.